The predicted molar refractivity (Wildman–Crippen MR) is 121 cm³/mol. The van der Waals surface area contributed by atoms with Crippen molar-refractivity contribution < 1.29 is 33.7 Å². The smallest absolute Gasteiger partial charge is 0.411 e. The third kappa shape index (κ3) is 4.46. The highest BCUT2D eigenvalue weighted by Crippen LogP contribution is 2.44. The molecule has 0 aliphatic heterocycles. The number of hydrogen-bond donors (Lipinski definition) is 4. The number of nitrogens with one attached hydrogen (secondary N) is 2. The van der Waals surface area contributed by atoms with Crippen molar-refractivity contribution in [2.45, 2.75) is 12.0 Å². The lowest BCUT2D eigenvalue weighted by molar-refractivity contribution is -0.140. The molecule has 0 aromatic heterocycles. The van der Waals surface area contributed by atoms with Gasteiger partial charge in [-0.15, -0.1) is 0 Å². The van der Waals surface area contributed by atoms with Crippen LogP contribution in [-0.2, 0) is 9.53 Å². The molecule has 0 saturated heterocycles. The molecular formula is C25H21FN2O6. The Labute approximate surface area is 194 Å². The Bertz CT molecular complexity index is 1220. The zero-order valence-electron chi connectivity index (χ0n) is 17.8. The van der Waals surface area contributed by atoms with Crippen molar-refractivity contribution >= 4 is 23.7 Å². The maximum absolute atomic E-state index is 14.5. The van der Waals surface area contributed by atoms with E-state index in [1.54, 1.807) is 0 Å². The number of benzene rings is 3. The molecule has 1 unspecified atom stereocenters. The van der Waals surface area contributed by atoms with E-state index in [4.69, 9.17) is 14.9 Å². The van der Waals surface area contributed by atoms with Crippen LogP contribution in [0, 0.1) is 5.82 Å². The van der Waals surface area contributed by atoms with Gasteiger partial charge in [0.05, 0.1) is 17.9 Å². The summed E-state index contributed by atoms with van der Waals surface area (Å²) < 4.78 is 19.9. The first-order chi connectivity index (χ1) is 16.4. The molecule has 1 aliphatic rings. The quantitative estimate of drug-likeness (QED) is 0.425. The van der Waals surface area contributed by atoms with Gasteiger partial charge in [-0.2, -0.15) is 0 Å². The fraction of sp³-hybridized carbons (Fsp3) is 0.160. The van der Waals surface area contributed by atoms with Crippen molar-refractivity contribution in [3.8, 4) is 11.1 Å². The van der Waals surface area contributed by atoms with Crippen molar-refractivity contribution in [3.63, 3.8) is 0 Å². The molecule has 9 heteroatoms. The Kier molecular flexibility index (Phi) is 6.55. The van der Waals surface area contributed by atoms with E-state index in [1.807, 2.05) is 48.5 Å². The molecule has 0 fully saturated rings. The maximum Gasteiger partial charge on any atom is 0.411 e. The van der Waals surface area contributed by atoms with E-state index in [2.05, 4.69) is 10.6 Å². The minimum Gasteiger partial charge on any atom is -0.480 e. The van der Waals surface area contributed by atoms with Crippen molar-refractivity contribution in [3.05, 3.63) is 89.2 Å². The van der Waals surface area contributed by atoms with Gasteiger partial charge in [0.1, 0.15) is 12.4 Å². The number of aliphatic carboxylic acids is 1. The highest BCUT2D eigenvalue weighted by Gasteiger charge is 2.29. The summed E-state index contributed by atoms with van der Waals surface area (Å²) in [5.41, 5.74) is 3.35. The van der Waals surface area contributed by atoms with Gasteiger partial charge in [-0.05, 0) is 34.4 Å². The molecule has 0 heterocycles. The van der Waals surface area contributed by atoms with E-state index in [9.17, 15) is 18.8 Å². The predicted octanol–water partition coefficient (Wildman–Crippen LogP) is 3.36. The molecule has 0 bridgehead atoms. The summed E-state index contributed by atoms with van der Waals surface area (Å²) in [6.07, 6.45) is -0.974. The molecule has 0 saturated carbocycles. The normalized spacial score (nSPS) is 12.9. The average Bonchev–Trinajstić information content (AvgIpc) is 3.16. The maximum atomic E-state index is 14.5. The monoisotopic (exact) mass is 464 g/mol. The van der Waals surface area contributed by atoms with Crippen molar-refractivity contribution in [2.75, 3.05) is 18.5 Å². The van der Waals surface area contributed by atoms with Crippen molar-refractivity contribution in [1.82, 2.24) is 5.32 Å². The fourth-order valence-electron chi connectivity index (χ4n) is 4.00. The summed E-state index contributed by atoms with van der Waals surface area (Å²) >= 11 is 0. The number of aliphatic hydroxyl groups excluding tert-OH is 1. The first kappa shape index (κ1) is 22.9. The van der Waals surface area contributed by atoms with Crippen LogP contribution in [0.4, 0.5) is 14.9 Å². The number of halogens is 1. The summed E-state index contributed by atoms with van der Waals surface area (Å²) in [4.78, 5) is 36.1. The summed E-state index contributed by atoms with van der Waals surface area (Å²) in [5.74, 6) is -3.55. The van der Waals surface area contributed by atoms with E-state index in [0.29, 0.717) is 0 Å². The second-order valence-electron chi connectivity index (χ2n) is 7.66. The minimum absolute atomic E-state index is 0.0125. The number of hydrogen-bond acceptors (Lipinski definition) is 5. The largest absolute Gasteiger partial charge is 0.480 e. The molecule has 1 atom stereocenters. The molecule has 3 aromatic rings. The number of rotatable bonds is 7. The van der Waals surface area contributed by atoms with E-state index < -0.39 is 42.1 Å². The van der Waals surface area contributed by atoms with Crippen LogP contribution in [0.1, 0.15) is 27.4 Å². The number of para-hydroxylation sites is 1. The van der Waals surface area contributed by atoms with Crippen LogP contribution >= 0.6 is 0 Å². The highest BCUT2D eigenvalue weighted by atomic mass is 19.1. The number of amides is 2. The zero-order valence-corrected chi connectivity index (χ0v) is 17.8. The van der Waals surface area contributed by atoms with E-state index in [1.165, 1.54) is 12.1 Å². The molecule has 1 aliphatic carbocycles. The molecule has 0 spiro atoms. The van der Waals surface area contributed by atoms with Crippen LogP contribution in [0.3, 0.4) is 0 Å². The van der Waals surface area contributed by atoms with Gasteiger partial charge in [0.2, 0.25) is 0 Å². The average molecular weight is 464 g/mol. The van der Waals surface area contributed by atoms with Gasteiger partial charge in [-0.25, -0.2) is 14.0 Å². The van der Waals surface area contributed by atoms with Gasteiger partial charge in [0, 0.05) is 5.92 Å². The van der Waals surface area contributed by atoms with Crippen LogP contribution in [-0.4, -0.2) is 47.4 Å². The SMILES string of the molecule is O=C(Nc1c(F)cccc1C(=O)NC(CO)C(=O)O)OCC1c2ccccc2-c2ccccc21. The van der Waals surface area contributed by atoms with Crippen LogP contribution in [0.25, 0.3) is 11.1 Å². The summed E-state index contributed by atoms with van der Waals surface area (Å²) in [6.45, 7) is -0.868. The number of carboxylic acid groups (broad SMARTS) is 1. The van der Waals surface area contributed by atoms with Gasteiger partial charge >= 0.3 is 12.1 Å². The Hall–Kier alpha value is -4.24. The Morgan fingerprint density at radius 2 is 1.56 bits per heavy atom. The number of anilines is 1. The van der Waals surface area contributed by atoms with E-state index in [0.717, 1.165) is 28.3 Å². The molecule has 4 rings (SSSR count). The van der Waals surface area contributed by atoms with Crippen LogP contribution in [0.15, 0.2) is 66.7 Å². The number of carbonyl (C=O) groups is 3. The molecule has 3 aromatic carbocycles. The van der Waals surface area contributed by atoms with Crippen LogP contribution in [0.2, 0.25) is 0 Å². The third-order valence-electron chi connectivity index (χ3n) is 5.61. The van der Waals surface area contributed by atoms with Gasteiger partial charge in [0.25, 0.3) is 5.91 Å². The highest BCUT2D eigenvalue weighted by molar-refractivity contribution is 6.04. The summed E-state index contributed by atoms with van der Waals surface area (Å²) in [6, 6.07) is 17.5. The lowest BCUT2D eigenvalue weighted by Gasteiger charge is -2.17. The van der Waals surface area contributed by atoms with Crippen molar-refractivity contribution in [1.29, 1.82) is 0 Å². The first-order valence-electron chi connectivity index (χ1n) is 10.5. The van der Waals surface area contributed by atoms with Crippen LogP contribution < -0.4 is 10.6 Å². The number of aliphatic hydroxyl groups is 1. The second kappa shape index (κ2) is 9.72. The van der Waals surface area contributed by atoms with Gasteiger partial charge in [0.15, 0.2) is 6.04 Å². The molecule has 2 amide bonds. The van der Waals surface area contributed by atoms with Crippen LogP contribution in [0.5, 0.6) is 0 Å². The molecule has 4 N–H and O–H groups in total. The van der Waals surface area contributed by atoms with Gasteiger partial charge < -0.3 is 20.3 Å². The minimum atomic E-state index is -1.59. The topological polar surface area (TPSA) is 125 Å². The third-order valence-corrected chi connectivity index (χ3v) is 5.61. The van der Waals surface area contributed by atoms with E-state index >= 15 is 0 Å². The van der Waals surface area contributed by atoms with Gasteiger partial charge in [-0.3, -0.25) is 10.1 Å². The number of carboxylic acids is 1. The molecule has 34 heavy (non-hydrogen) atoms. The Morgan fingerprint density at radius 3 is 2.15 bits per heavy atom. The second-order valence-corrected chi connectivity index (χ2v) is 7.66. The number of carbonyl (C=O) groups excluding carboxylic acids is 2. The molecule has 8 nitrogen and oxygen atoms in total. The zero-order chi connectivity index (χ0) is 24.2. The number of ether oxygens (including phenoxy) is 1. The lowest BCUT2D eigenvalue weighted by atomic mass is 9.98. The standard InChI is InChI=1S/C25H21FN2O6/c26-20-11-5-10-18(23(30)27-21(12-29)24(31)32)22(20)28-25(33)34-13-19-16-8-3-1-6-14(16)15-7-2-4-9-17(15)19/h1-11,19,21,29H,12-13H2,(H,27,30)(H,28,33)(H,31,32). The molecular weight excluding hydrogens is 443 g/mol. The molecule has 0 radical (unpaired) electrons. The Balaban J connectivity index is 1.49. The molecule has 174 valence electrons. The fourth-order valence-corrected chi connectivity index (χ4v) is 4.00. The Morgan fingerprint density at radius 1 is 0.941 bits per heavy atom. The summed E-state index contributed by atoms with van der Waals surface area (Å²) in [7, 11) is 0. The number of fused-ring (bicyclic) bond motifs is 3. The van der Waals surface area contributed by atoms with E-state index in [-0.39, 0.29) is 18.1 Å². The lowest BCUT2D eigenvalue weighted by Crippen LogP contribution is -2.43. The first-order valence-corrected chi connectivity index (χ1v) is 10.5. The van der Waals surface area contributed by atoms with Crippen molar-refractivity contribution in [2.24, 2.45) is 0 Å². The summed E-state index contributed by atoms with van der Waals surface area (Å²) in [5, 5.41) is 22.4. The van der Waals surface area contributed by atoms with Gasteiger partial charge in [-0.1, -0.05) is 54.6 Å².